The SMILES string of the molecule is CC1CCN(S(=O)(=O)c2cc(Br)cc(C(=O)N[C@@H]3CCCc4ccccc43)c2)CC1. The van der Waals surface area contributed by atoms with Gasteiger partial charge in [0.25, 0.3) is 5.91 Å². The van der Waals surface area contributed by atoms with Crippen LogP contribution in [0.4, 0.5) is 0 Å². The summed E-state index contributed by atoms with van der Waals surface area (Å²) in [5.41, 5.74) is 2.78. The molecule has 1 N–H and O–H groups in total. The molecule has 1 aliphatic heterocycles. The van der Waals surface area contributed by atoms with E-state index in [4.69, 9.17) is 0 Å². The van der Waals surface area contributed by atoms with Crippen LogP contribution in [0.2, 0.25) is 0 Å². The molecule has 160 valence electrons. The van der Waals surface area contributed by atoms with Crippen molar-refractivity contribution in [1.29, 1.82) is 0 Å². The number of amides is 1. The number of sulfonamides is 1. The minimum Gasteiger partial charge on any atom is -0.345 e. The zero-order valence-electron chi connectivity index (χ0n) is 17.1. The lowest BCUT2D eigenvalue weighted by Gasteiger charge is -2.29. The van der Waals surface area contributed by atoms with Crippen LogP contribution in [0.5, 0.6) is 0 Å². The number of carbonyl (C=O) groups is 1. The highest BCUT2D eigenvalue weighted by Gasteiger charge is 2.29. The smallest absolute Gasteiger partial charge is 0.251 e. The van der Waals surface area contributed by atoms with Crippen molar-refractivity contribution in [3.8, 4) is 0 Å². The predicted molar refractivity (Wildman–Crippen MR) is 121 cm³/mol. The predicted octanol–water partition coefficient (Wildman–Crippen LogP) is 4.68. The lowest BCUT2D eigenvalue weighted by molar-refractivity contribution is 0.0932. The first-order valence-electron chi connectivity index (χ1n) is 10.5. The summed E-state index contributed by atoms with van der Waals surface area (Å²) in [6.07, 6.45) is 4.65. The Morgan fingerprint density at radius 1 is 1.10 bits per heavy atom. The summed E-state index contributed by atoms with van der Waals surface area (Å²) < 4.78 is 28.4. The van der Waals surface area contributed by atoms with Crippen LogP contribution in [-0.2, 0) is 16.4 Å². The van der Waals surface area contributed by atoms with Crippen LogP contribution in [-0.4, -0.2) is 31.7 Å². The second kappa shape index (κ2) is 8.81. The third-order valence-corrected chi connectivity index (χ3v) is 8.52. The van der Waals surface area contributed by atoms with Gasteiger partial charge in [0.05, 0.1) is 10.9 Å². The van der Waals surface area contributed by atoms with E-state index in [0.717, 1.165) is 37.7 Å². The Balaban J connectivity index is 1.57. The van der Waals surface area contributed by atoms with E-state index in [9.17, 15) is 13.2 Å². The number of benzene rings is 2. The van der Waals surface area contributed by atoms with Gasteiger partial charge in [0, 0.05) is 23.1 Å². The molecule has 0 spiro atoms. The van der Waals surface area contributed by atoms with Crippen molar-refractivity contribution in [1.82, 2.24) is 9.62 Å². The summed E-state index contributed by atoms with van der Waals surface area (Å²) in [5.74, 6) is 0.292. The third kappa shape index (κ3) is 4.48. The second-order valence-corrected chi connectivity index (χ2v) is 11.2. The maximum Gasteiger partial charge on any atom is 0.251 e. The van der Waals surface area contributed by atoms with Crippen LogP contribution in [0.3, 0.4) is 0 Å². The van der Waals surface area contributed by atoms with Crippen molar-refractivity contribution < 1.29 is 13.2 Å². The van der Waals surface area contributed by atoms with E-state index < -0.39 is 10.0 Å². The van der Waals surface area contributed by atoms with E-state index in [1.165, 1.54) is 15.9 Å². The van der Waals surface area contributed by atoms with Gasteiger partial charge in [-0.2, -0.15) is 4.31 Å². The van der Waals surface area contributed by atoms with E-state index in [0.29, 0.717) is 29.0 Å². The molecule has 1 amide bonds. The minimum absolute atomic E-state index is 0.0509. The van der Waals surface area contributed by atoms with Crippen LogP contribution >= 0.6 is 15.9 Å². The fourth-order valence-corrected chi connectivity index (χ4v) is 6.55. The first-order valence-corrected chi connectivity index (χ1v) is 12.8. The fourth-order valence-electron chi connectivity index (χ4n) is 4.36. The van der Waals surface area contributed by atoms with Crippen molar-refractivity contribution in [3.05, 3.63) is 63.6 Å². The van der Waals surface area contributed by atoms with E-state index in [2.05, 4.69) is 40.3 Å². The van der Waals surface area contributed by atoms with Gasteiger partial charge in [-0.1, -0.05) is 47.1 Å². The van der Waals surface area contributed by atoms with Crippen LogP contribution in [0.15, 0.2) is 51.8 Å². The Hall–Kier alpha value is -1.70. The van der Waals surface area contributed by atoms with Crippen molar-refractivity contribution in [2.45, 2.75) is 50.0 Å². The molecule has 1 saturated heterocycles. The molecule has 4 rings (SSSR count). The normalized spacial score (nSPS) is 20.5. The van der Waals surface area contributed by atoms with Crippen molar-refractivity contribution in [2.24, 2.45) is 5.92 Å². The first kappa shape index (κ1) is 21.5. The fraction of sp³-hybridized carbons (Fsp3) is 0.435. The molecule has 2 aromatic rings. The Morgan fingerprint density at radius 3 is 2.60 bits per heavy atom. The zero-order chi connectivity index (χ0) is 21.3. The van der Waals surface area contributed by atoms with Gasteiger partial charge in [0.2, 0.25) is 10.0 Å². The third-order valence-electron chi connectivity index (χ3n) is 6.19. The standard InChI is InChI=1S/C23H27BrN2O3S/c1-16-9-11-26(12-10-16)30(28,29)20-14-18(13-19(24)15-20)23(27)25-22-8-4-6-17-5-2-3-7-21(17)22/h2-3,5,7,13-16,22H,4,6,8-12H2,1H3,(H,25,27)/t22-/m1/s1. The van der Waals surface area contributed by atoms with Crippen molar-refractivity contribution in [2.75, 3.05) is 13.1 Å². The van der Waals surface area contributed by atoms with E-state index in [1.54, 1.807) is 12.1 Å². The highest BCUT2D eigenvalue weighted by atomic mass is 79.9. The number of fused-ring (bicyclic) bond motifs is 1. The van der Waals surface area contributed by atoms with Gasteiger partial charge in [-0.25, -0.2) is 8.42 Å². The Kier molecular flexibility index (Phi) is 6.32. The van der Waals surface area contributed by atoms with Crippen molar-refractivity contribution >= 4 is 31.9 Å². The number of nitrogens with zero attached hydrogens (tertiary/aromatic N) is 1. The average Bonchev–Trinajstić information content (AvgIpc) is 2.74. The molecule has 0 saturated carbocycles. The summed E-state index contributed by atoms with van der Waals surface area (Å²) in [7, 11) is -3.62. The summed E-state index contributed by atoms with van der Waals surface area (Å²) in [6, 6.07) is 12.9. The maximum absolute atomic E-state index is 13.1. The van der Waals surface area contributed by atoms with Gasteiger partial charge in [-0.05, 0) is 67.3 Å². The molecule has 0 radical (unpaired) electrons. The monoisotopic (exact) mass is 490 g/mol. The largest absolute Gasteiger partial charge is 0.345 e. The molecule has 7 heteroatoms. The quantitative estimate of drug-likeness (QED) is 0.676. The number of aryl methyl sites for hydroxylation is 1. The van der Waals surface area contributed by atoms with E-state index in [-0.39, 0.29) is 16.8 Å². The zero-order valence-corrected chi connectivity index (χ0v) is 19.5. The molecule has 1 heterocycles. The molecule has 30 heavy (non-hydrogen) atoms. The first-order chi connectivity index (χ1) is 14.3. The number of rotatable bonds is 4. The average molecular weight is 491 g/mol. The van der Waals surface area contributed by atoms with Crippen LogP contribution in [0, 0.1) is 5.92 Å². The Bertz CT molecular complexity index is 1050. The number of nitrogens with one attached hydrogen (secondary N) is 1. The molecule has 5 nitrogen and oxygen atoms in total. The summed E-state index contributed by atoms with van der Waals surface area (Å²) in [6.45, 7) is 3.20. The molecular weight excluding hydrogens is 464 g/mol. The molecule has 0 aromatic heterocycles. The highest BCUT2D eigenvalue weighted by molar-refractivity contribution is 9.10. The lowest BCUT2D eigenvalue weighted by Crippen LogP contribution is -2.38. The molecule has 1 aliphatic carbocycles. The summed E-state index contributed by atoms with van der Waals surface area (Å²) >= 11 is 3.40. The minimum atomic E-state index is -3.62. The lowest BCUT2D eigenvalue weighted by atomic mass is 9.87. The second-order valence-electron chi connectivity index (χ2n) is 8.38. The molecule has 2 aromatic carbocycles. The number of carbonyl (C=O) groups excluding carboxylic acids is 1. The van der Waals surface area contributed by atoms with Gasteiger partial charge >= 0.3 is 0 Å². The van der Waals surface area contributed by atoms with Gasteiger partial charge in [-0.15, -0.1) is 0 Å². The van der Waals surface area contributed by atoms with E-state index in [1.807, 2.05) is 12.1 Å². The van der Waals surface area contributed by atoms with Gasteiger partial charge in [0.1, 0.15) is 0 Å². The maximum atomic E-state index is 13.1. The Morgan fingerprint density at radius 2 is 1.83 bits per heavy atom. The summed E-state index contributed by atoms with van der Waals surface area (Å²) in [5, 5.41) is 3.11. The highest BCUT2D eigenvalue weighted by Crippen LogP contribution is 2.31. The molecule has 1 fully saturated rings. The van der Waals surface area contributed by atoms with Crippen LogP contribution < -0.4 is 5.32 Å². The number of hydrogen-bond acceptors (Lipinski definition) is 3. The molecule has 0 unspecified atom stereocenters. The molecule has 1 atom stereocenters. The molecule has 2 aliphatic rings. The van der Waals surface area contributed by atoms with Gasteiger partial charge in [0.15, 0.2) is 0 Å². The van der Waals surface area contributed by atoms with Crippen LogP contribution in [0.1, 0.15) is 60.1 Å². The number of halogens is 1. The van der Waals surface area contributed by atoms with E-state index >= 15 is 0 Å². The van der Waals surface area contributed by atoms with Crippen molar-refractivity contribution in [3.63, 3.8) is 0 Å². The number of hydrogen-bond donors (Lipinski definition) is 1. The molecule has 0 bridgehead atoms. The molecular formula is C23H27BrN2O3S. The van der Waals surface area contributed by atoms with Gasteiger partial charge in [-0.3, -0.25) is 4.79 Å². The Labute approximate surface area is 187 Å². The van der Waals surface area contributed by atoms with Crippen LogP contribution in [0.25, 0.3) is 0 Å². The summed E-state index contributed by atoms with van der Waals surface area (Å²) in [4.78, 5) is 13.2. The number of piperidine rings is 1. The van der Waals surface area contributed by atoms with Gasteiger partial charge < -0.3 is 5.32 Å². The topological polar surface area (TPSA) is 66.5 Å².